The minimum absolute atomic E-state index is 0. The molecule has 1 amide bonds. The fraction of sp³-hybridized carbons (Fsp3) is 0.938. The van der Waals surface area contributed by atoms with Crippen LogP contribution in [-0.2, 0) is 4.79 Å². The molecule has 1 aliphatic heterocycles. The van der Waals surface area contributed by atoms with Crippen molar-refractivity contribution in [1.29, 1.82) is 0 Å². The van der Waals surface area contributed by atoms with Crippen molar-refractivity contribution in [2.75, 3.05) is 26.7 Å². The van der Waals surface area contributed by atoms with E-state index in [0.29, 0.717) is 11.8 Å². The zero-order valence-electron chi connectivity index (χ0n) is 13.1. The number of nitrogens with one attached hydrogen (secondary N) is 1. The summed E-state index contributed by atoms with van der Waals surface area (Å²) < 4.78 is 0. The zero-order valence-corrected chi connectivity index (χ0v) is 13.9. The molecular formula is C16H31ClN2O. The fourth-order valence-corrected chi connectivity index (χ4v) is 3.80. The Hall–Kier alpha value is -0.280. The maximum atomic E-state index is 12.3. The van der Waals surface area contributed by atoms with Gasteiger partial charge < -0.3 is 10.2 Å². The van der Waals surface area contributed by atoms with Crippen molar-refractivity contribution in [3.05, 3.63) is 0 Å². The molecule has 0 aromatic carbocycles. The highest BCUT2D eigenvalue weighted by atomic mass is 35.5. The van der Waals surface area contributed by atoms with E-state index < -0.39 is 0 Å². The van der Waals surface area contributed by atoms with Gasteiger partial charge in [0.25, 0.3) is 0 Å². The summed E-state index contributed by atoms with van der Waals surface area (Å²) in [6.45, 7) is 5.39. The molecule has 3 nitrogen and oxygen atoms in total. The third kappa shape index (κ3) is 5.25. The standard InChI is InChI=1S/C16H30N2O.ClH/c1-13-4-3-5-15(10-13)11-16(19)18-8-6-14(7-9-18)12-17-2;/h13-15,17H,3-12H2,1-2H3;1H. The summed E-state index contributed by atoms with van der Waals surface area (Å²) in [5.41, 5.74) is 0. The number of hydrogen-bond acceptors (Lipinski definition) is 2. The molecule has 2 atom stereocenters. The molecule has 0 bridgehead atoms. The molecule has 2 rings (SSSR count). The molecule has 1 N–H and O–H groups in total. The van der Waals surface area contributed by atoms with E-state index in [2.05, 4.69) is 17.1 Å². The quantitative estimate of drug-likeness (QED) is 0.865. The number of hydrogen-bond donors (Lipinski definition) is 1. The Balaban J connectivity index is 0.00000200. The van der Waals surface area contributed by atoms with Crippen LogP contribution in [0.3, 0.4) is 0 Å². The summed E-state index contributed by atoms with van der Waals surface area (Å²) in [4.78, 5) is 14.5. The molecule has 118 valence electrons. The van der Waals surface area contributed by atoms with Crippen molar-refractivity contribution >= 4 is 18.3 Å². The van der Waals surface area contributed by atoms with Crippen LogP contribution < -0.4 is 5.32 Å². The molecule has 20 heavy (non-hydrogen) atoms. The molecule has 2 unspecified atom stereocenters. The molecule has 0 radical (unpaired) electrons. The Labute approximate surface area is 130 Å². The monoisotopic (exact) mass is 302 g/mol. The van der Waals surface area contributed by atoms with Gasteiger partial charge in [0.1, 0.15) is 0 Å². The number of likely N-dealkylation sites (tertiary alicyclic amines) is 1. The third-order valence-corrected chi connectivity index (χ3v) is 4.97. The zero-order chi connectivity index (χ0) is 13.7. The van der Waals surface area contributed by atoms with Crippen molar-refractivity contribution in [2.45, 2.75) is 51.9 Å². The lowest BCUT2D eigenvalue weighted by Gasteiger charge is -2.34. The number of carbonyl (C=O) groups is 1. The van der Waals surface area contributed by atoms with Crippen LogP contribution in [0.5, 0.6) is 0 Å². The molecule has 4 heteroatoms. The van der Waals surface area contributed by atoms with E-state index in [1.165, 1.54) is 38.5 Å². The van der Waals surface area contributed by atoms with Gasteiger partial charge in [0, 0.05) is 19.5 Å². The lowest BCUT2D eigenvalue weighted by atomic mass is 9.80. The molecule has 0 aromatic heterocycles. The van der Waals surface area contributed by atoms with Gasteiger partial charge in [-0.25, -0.2) is 0 Å². The Kier molecular flexibility index (Phi) is 7.90. The molecule has 1 saturated carbocycles. The van der Waals surface area contributed by atoms with Gasteiger partial charge in [-0.1, -0.05) is 19.8 Å². The molecule has 1 saturated heterocycles. The second-order valence-corrected chi connectivity index (χ2v) is 6.72. The fourth-order valence-electron chi connectivity index (χ4n) is 3.80. The first-order valence-corrected chi connectivity index (χ1v) is 8.11. The number of rotatable bonds is 4. The number of amides is 1. The van der Waals surface area contributed by atoms with Crippen molar-refractivity contribution < 1.29 is 4.79 Å². The van der Waals surface area contributed by atoms with Crippen molar-refractivity contribution in [2.24, 2.45) is 17.8 Å². The van der Waals surface area contributed by atoms with E-state index in [9.17, 15) is 4.79 Å². The smallest absolute Gasteiger partial charge is 0.222 e. The molecule has 2 fully saturated rings. The first-order chi connectivity index (χ1) is 9.19. The van der Waals surface area contributed by atoms with E-state index in [-0.39, 0.29) is 12.4 Å². The molecule has 1 heterocycles. The lowest BCUT2D eigenvalue weighted by Crippen LogP contribution is -2.41. The maximum absolute atomic E-state index is 12.3. The van der Waals surface area contributed by atoms with Gasteiger partial charge in [-0.3, -0.25) is 4.79 Å². The maximum Gasteiger partial charge on any atom is 0.222 e. The van der Waals surface area contributed by atoms with Crippen LogP contribution in [0.15, 0.2) is 0 Å². The Morgan fingerprint density at radius 3 is 2.45 bits per heavy atom. The lowest BCUT2D eigenvalue weighted by molar-refractivity contribution is -0.133. The highest BCUT2D eigenvalue weighted by Gasteiger charge is 2.26. The van der Waals surface area contributed by atoms with Crippen LogP contribution in [0.2, 0.25) is 0 Å². The largest absolute Gasteiger partial charge is 0.343 e. The SMILES string of the molecule is CNCC1CCN(C(=O)CC2CCCC(C)C2)CC1.Cl. The van der Waals surface area contributed by atoms with Gasteiger partial charge in [-0.15, -0.1) is 12.4 Å². The average molecular weight is 303 g/mol. The number of halogens is 1. The number of carbonyl (C=O) groups excluding carboxylic acids is 1. The van der Waals surface area contributed by atoms with Crippen LogP contribution in [0.1, 0.15) is 51.9 Å². The Morgan fingerprint density at radius 1 is 1.15 bits per heavy atom. The van der Waals surface area contributed by atoms with Crippen LogP contribution in [0.4, 0.5) is 0 Å². The van der Waals surface area contributed by atoms with Crippen molar-refractivity contribution in [3.8, 4) is 0 Å². The van der Waals surface area contributed by atoms with E-state index in [0.717, 1.165) is 37.9 Å². The second kappa shape index (κ2) is 8.89. The first kappa shape index (κ1) is 17.8. The predicted octanol–water partition coefficient (Wildman–Crippen LogP) is 3.08. The topological polar surface area (TPSA) is 32.3 Å². The summed E-state index contributed by atoms with van der Waals surface area (Å²) in [6.07, 6.45) is 8.38. The highest BCUT2D eigenvalue weighted by molar-refractivity contribution is 5.85. The molecule has 2 aliphatic rings. The summed E-state index contributed by atoms with van der Waals surface area (Å²) >= 11 is 0. The van der Waals surface area contributed by atoms with Crippen LogP contribution in [0.25, 0.3) is 0 Å². The van der Waals surface area contributed by atoms with Gasteiger partial charge in [0.05, 0.1) is 0 Å². The van der Waals surface area contributed by atoms with Gasteiger partial charge in [0.15, 0.2) is 0 Å². The summed E-state index contributed by atoms with van der Waals surface area (Å²) in [6, 6.07) is 0. The second-order valence-electron chi connectivity index (χ2n) is 6.72. The minimum Gasteiger partial charge on any atom is -0.343 e. The first-order valence-electron chi connectivity index (χ1n) is 8.11. The van der Waals surface area contributed by atoms with E-state index in [1.54, 1.807) is 0 Å². The van der Waals surface area contributed by atoms with Gasteiger partial charge in [-0.05, 0) is 57.0 Å². The molecule has 0 aromatic rings. The Morgan fingerprint density at radius 2 is 1.85 bits per heavy atom. The van der Waals surface area contributed by atoms with Crippen molar-refractivity contribution in [1.82, 2.24) is 10.2 Å². The normalized spacial score (nSPS) is 28.0. The van der Waals surface area contributed by atoms with E-state index >= 15 is 0 Å². The summed E-state index contributed by atoms with van der Waals surface area (Å²) in [5, 5.41) is 3.25. The van der Waals surface area contributed by atoms with Gasteiger partial charge in [0.2, 0.25) is 5.91 Å². The van der Waals surface area contributed by atoms with Crippen LogP contribution in [0, 0.1) is 17.8 Å². The van der Waals surface area contributed by atoms with E-state index in [1.807, 2.05) is 7.05 Å². The Bertz CT molecular complexity index is 290. The van der Waals surface area contributed by atoms with Crippen LogP contribution >= 0.6 is 12.4 Å². The van der Waals surface area contributed by atoms with E-state index in [4.69, 9.17) is 0 Å². The summed E-state index contributed by atoms with van der Waals surface area (Å²) in [7, 11) is 2.02. The van der Waals surface area contributed by atoms with Crippen LogP contribution in [-0.4, -0.2) is 37.5 Å². The molecular weight excluding hydrogens is 272 g/mol. The predicted molar refractivity (Wildman–Crippen MR) is 86.2 cm³/mol. The van der Waals surface area contributed by atoms with Gasteiger partial charge in [-0.2, -0.15) is 0 Å². The number of piperidine rings is 1. The van der Waals surface area contributed by atoms with Gasteiger partial charge >= 0.3 is 0 Å². The average Bonchev–Trinajstić information content (AvgIpc) is 2.40. The van der Waals surface area contributed by atoms with Crippen molar-refractivity contribution in [3.63, 3.8) is 0 Å². The number of nitrogens with zero attached hydrogens (tertiary/aromatic N) is 1. The highest BCUT2D eigenvalue weighted by Crippen LogP contribution is 2.31. The molecule has 0 spiro atoms. The molecule has 1 aliphatic carbocycles. The third-order valence-electron chi connectivity index (χ3n) is 4.97. The summed E-state index contributed by atoms with van der Waals surface area (Å²) in [5.74, 6) is 2.67. The minimum atomic E-state index is 0.